The van der Waals surface area contributed by atoms with Crippen LogP contribution in [-0.4, -0.2) is 29.8 Å². The van der Waals surface area contributed by atoms with Gasteiger partial charge in [-0.2, -0.15) is 5.10 Å². The fraction of sp³-hybridized carbons (Fsp3) is 0.167. The maximum Gasteiger partial charge on any atom is 0.427 e. The van der Waals surface area contributed by atoms with Gasteiger partial charge in [0, 0.05) is 29.7 Å². The molecule has 0 radical (unpaired) electrons. The maximum absolute atomic E-state index is 12.3. The molecule has 27 heavy (non-hydrogen) atoms. The second kappa shape index (κ2) is 7.65. The monoisotopic (exact) mass is 369 g/mol. The fourth-order valence-corrected chi connectivity index (χ4v) is 2.74. The number of hydrogen-bond acceptors (Lipinski definition) is 7. The summed E-state index contributed by atoms with van der Waals surface area (Å²) < 4.78 is 9.74. The molecule has 9 nitrogen and oxygen atoms in total. The number of para-hydroxylation sites is 1. The number of benzene rings is 2. The van der Waals surface area contributed by atoms with E-state index in [4.69, 9.17) is 4.74 Å². The molecule has 2 aromatic carbocycles. The summed E-state index contributed by atoms with van der Waals surface area (Å²) in [7, 11) is 1.18. The van der Waals surface area contributed by atoms with Crippen molar-refractivity contribution in [3.8, 4) is 5.75 Å². The molecule has 0 fully saturated rings. The van der Waals surface area contributed by atoms with Gasteiger partial charge < -0.3 is 9.47 Å². The average molecular weight is 369 g/mol. The molecule has 1 heterocycles. The van der Waals surface area contributed by atoms with E-state index in [1.165, 1.54) is 25.3 Å². The molecule has 3 rings (SSSR count). The maximum atomic E-state index is 12.3. The third-order valence-corrected chi connectivity index (χ3v) is 4.04. The molecule has 0 saturated carbocycles. The fourth-order valence-electron chi connectivity index (χ4n) is 2.74. The number of amides is 1. The summed E-state index contributed by atoms with van der Waals surface area (Å²) in [6.45, 7) is 0. The number of nitrogens with one attached hydrogen (secondary N) is 1. The molecule has 1 unspecified atom stereocenters. The number of ether oxygens (including phenoxy) is 2. The van der Waals surface area contributed by atoms with Gasteiger partial charge in [0.05, 0.1) is 23.7 Å². The normalized spacial score (nSPS) is 15.7. The highest BCUT2D eigenvalue weighted by Gasteiger charge is 2.34. The van der Waals surface area contributed by atoms with E-state index in [-0.39, 0.29) is 17.8 Å². The van der Waals surface area contributed by atoms with Crippen LogP contribution in [0.5, 0.6) is 5.75 Å². The third-order valence-electron chi connectivity index (χ3n) is 4.04. The van der Waals surface area contributed by atoms with E-state index in [9.17, 15) is 19.7 Å². The number of hydrazone groups is 1. The standard InChI is InChI=1S/C18H15N3O6/c1-26-18(23)20-19-15(11-5-4-6-12(9-11)21(24)25)10-14-13-7-2-3-8-16(13)27-17(14)22/h2-9,14H,10H2,1H3,(H,20,23)/b19-15-. The van der Waals surface area contributed by atoms with Crippen molar-refractivity contribution in [1.82, 2.24) is 5.43 Å². The SMILES string of the molecule is COC(=O)N/N=C(/CC1C(=O)Oc2ccccc21)c1cccc([N+](=O)[O-])c1. The van der Waals surface area contributed by atoms with E-state index in [0.29, 0.717) is 16.9 Å². The lowest BCUT2D eigenvalue weighted by molar-refractivity contribution is -0.384. The molecule has 1 N–H and O–H groups in total. The van der Waals surface area contributed by atoms with Crippen molar-refractivity contribution in [3.63, 3.8) is 0 Å². The predicted octanol–water partition coefficient (Wildman–Crippen LogP) is 2.75. The van der Waals surface area contributed by atoms with Gasteiger partial charge in [0.2, 0.25) is 0 Å². The molecule has 1 aliphatic rings. The van der Waals surface area contributed by atoms with E-state index in [1.54, 1.807) is 30.3 Å². The van der Waals surface area contributed by atoms with Crippen LogP contribution in [0.3, 0.4) is 0 Å². The van der Waals surface area contributed by atoms with Gasteiger partial charge in [-0.1, -0.05) is 30.3 Å². The van der Waals surface area contributed by atoms with Gasteiger partial charge in [-0.05, 0) is 6.07 Å². The number of non-ortho nitro benzene ring substituents is 1. The van der Waals surface area contributed by atoms with Crippen LogP contribution in [0, 0.1) is 10.1 Å². The minimum atomic E-state index is -0.799. The molecule has 138 valence electrons. The largest absolute Gasteiger partial charge is 0.452 e. The Morgan fingerprint density at radius 1 is 1.30 bits per heavy atom. The lowest BCUT2D eigenvalue weighted by Crippen LogP contribution is -2.22. The Morgan fingerprint density at radius 3 is 2.81 bits per heavy atom. The van der Waals surface area contributed by atoms with E-state index in [2.05, 4.69) is 15.3 Å². The molecule has 1 aliphatic heterocycles. The summed E-state index contributed by atoms with van der Waals surface area (Å²) in [5, 5.41) is 15.0. The third kappa shape index (κ3) is 3.92. The highest BCUT2D eigenvalue weighted by molar-refractivity contribution is 6.04. The van der Waals surface area contributed by atoms with Crippen molar-refractivity contribution in [1.29, 1.82) is 0 Å². The summed E-state index contributed by atoms with van der Waals surface area (Å²) in [5.74, 6) is -0.627. The predicted molar refractivity (Wildman–Crippen MR) is 94.6 cm³/mol. The number of fused-ring (bicyclic) bond motifs is 1. The van der Waals surface area contributed by atoms with Crippen molar-refractivity contribution in [3.05, 3.63) is 69.8 Å². The van der Waals surface area contributed by atoms with Gasteiger partial charge in [-0.15, -0.1) is 0 Å². The molecule has 9 heteroatoms. The van der Waals surface area contributed by atoms with Gasteiger partial charge in [0.1, 0.15) is 5.75 Å². The zero-order valence-corrected chi connectivity index (χ0v) is 14.2. The quantitative estimate of drug-likeness (QED) is 0.284. The molecule has 1 amide bonds. The van der Waals surface area contributed by atoms with Crippen LogP contribution in [0.15, 0.2) is 53.6 Å². The van der Waals surface area contributed by atoms with Gasteiger partial charge in [0.15, 0.2) is 0 Å². The number of methoxy groups -OCH3 is 1. The average Bonchev–Trinajstić information content (AvgIpc) is 2.99. The van der Waals surface area contributed by atoms with Crippen LogP contribution >= 0.6 is 0 Å². The molecule has 0 spiro atoms. The van der Waals surface area contributed by atoms with Gasteiger partial charge in [-0.25, -0.2) is 10.2 Å². The van der Waals surface area contributed by atoms with Crippen LogP contribution in [0.25, 0.3) is 0 Å². The smallest absolute Gasteiger partial charge is 0.427 e. The Balaban J connectivity index is 1.96. The van der Waals surface area contributed by atoms with Crippen molar-refractivity contribution in [2.24, 2.45) is 5.10 Å². The zero-order chi connectivity index (χ0) is 19.4. The van der Waals surface area contributed by atoms with Crippen LogP contribution in [0.2, 0.25) is 0 Å². The van der Waals surface area contributed by atoms with Crippen LogP contribution in [0.1, 0.15) is 23.5 Å². The number of esters is 1. The minimum Gasteiger partial charge on any atom is -0.452 e. The highest BCUT2D eigenvalue weighted by Crippen LogP contribution is 2.37. The molecule has 0 aliphatic carbocycles. The van der Waals surface area contributed by atoms with Crippen LogP contribution in [-0.2, 0) is 9.53 Å². The van der Waals surface area contributed by atoms with E-state index in [1.807, 2.05) is 0 Å². The number of carbonyl (C=O) groups excluding carboxylic acids is 2. The molecule has 2 aromatic rings. The molecule has 0 saturated heterocycles. The summed E-state index contributed by atoms with van der Waals surface area (Å²) >= 11 is 0. The second-order valence-electron chi connectivity index (χ2n) is 5.68. The number of hydrogen-bond donors (Lipinski definition) is 1. The summed E-state index contributed by atoms with van der Waals surface area (Å²) in [5.41, 5.74) is 3.44. The van der Waals surface area contributed by atoms with Crippen LogP contribution in [0.4, 0.5) is 10.5 Å². The highest BCUT2D eigenvalue weighted by atomic mass is 16.6. The summed E-state index contributed by atoms with van der Waals surface area (Å²) in [4.78, 5) is 34.2. The van der Waals surface area contributed by atoms with Crippen molar-refractivity contribution >= 4 is 23.5 Å². The first-order valence-corrected chi connectivity index (χ1v) is 7.95. The first-order valence-electron chi connectivity index (χ1n) is 7.95. The topological polar surface area (TPSA) is 120 Å². The number of nitro benzene ring substituents is 1. The first-order chi connectivity index (χ1) is 13.0. The van der Waals surface area contributed by atoms with E-state index < -0.39 is 22.9 Å². The number of nitrogens with zero attached hydrogens (tertiary/aromatic N) is 2. The van der Waals surface area contributed by atoms with Gasteiger partial charge >= 0.3 is 12.1 Å². The van der Waals surface area contributed by atoms with Crippen molar-refractivity contribution in [2.45, 2.75) is 12.3 Å². The molecule has 1 atom stereocenters. The van der Waals surface area contributed by atoms with Gasteiger partial charge in [0.25, 0.3) is 5.69 Å². The molecular formula is C18H15N3O6. The van der Waals surface area contributed by atoms with E-state index in [0.717, 1.165) is 0 Å². The Bertz CT molecular complexity index is 940. The first kappa shape index (κ1) is 18.1. The molecule has 0 bridgehead atoms. The zero-order valence-electron chi connectivity index (χ0n) is 14.2. The Hall–Kier alpha value is -3.75. The Morgan fingerprint density at radius 2 is 2.07 bits per heavy atom. The van der Waals surface area contributed by atoms with Crippen molar-refractivity contribution < 1.29 is 24.0 Å². The molecule has 0 aromatic heterocycles. The lowest BCUT2D eigenvalue weighted by atomic mass is 9.92. The number of carbonyl (C=O) groups is 2. The Kier molecular flexibility index (Phi) is 5.11. The van der Waals surface area contributed by atoms with Crippen LogP contribution < -0.4 is 10.2 Å². The summed E-state index contributed by atoms with van der Waals surface area (Å²) in [6.07, 6.45) is -0.714. The summed E-state index contributed by atoms with van der Waals surface area (Å²) in [6, 6.07) is 12.8. The Labute approximate surface area is 153 Å². The second-order valence-corrected chi connectivity index (χ2v) is 5.68. The van der Waals surface area contributed by atoms with Crippen molar-refractivity contribution in [2.75, 3.05) is 7.11 Å². The molecular weight excluding hydrogens is 354 g/mol. The number of nitro groups is 1. The lowest BCUT2D eigenvalue weighted by Gasteiger charge is -2.11. The number of rotatable bonds is 5. The van der Waals surface area contributed by atoms with E-state index >= 15 is 0 Å². The van der Waals surface area contributed by atoms with Gasteiger partial charge in [-0.3, -0.25) is 14.9 Å². The minimum absolute atomic E-state index is 0.0843.